The standard InChI is InChI=1S/C7H14S.C2H6/c1-7(2)5-3-4-6-8-7;1-2/h3-6H2,1-2H3;1-2H3. The predicted octanol–water partition coefficient (Wildman–Crippen LogP) is 3.71. The summed E-state index contributed by atoms with van der Waals surface area (Å²) >= 11 is 2.12. The Labute approximate surface area is 69.8 Å². The van der Waals surface area contributed by atoms with Gasteiger partial charge in [0.1, 0.15) is 0 Å². The highest BCUT2D eigenvalue weighted by Gasteiger charge is 2.20. The van der Waals surface area contributed by atoms with E-state index in [0.29, 0.717) is 4.75 Å². The topological polar surface area (TPSA) is 0 Å². The second-order valence-corrected chi connectivity index (χ2v) is 4.87. The Morgan fingerprint density at radius 1 is 1.10 bits per heavy atom. The van der Waals surface area contributed by atoms with Crippen molar-refractivity contribution in [3.8, 4) is 0 Å². The molecule has 1 fully saturated rings. The van der Waals surface area contributed by atoms with E-state index in [-0.39, 0.29) is 0 Å². The van der Waals surface area contributed by atoms with Crippen LogP contribution in [0.25, 0.3) is 0 Å². The maximum Gasteiger partial charge on any atom is 0.0103 e. The first kappa shape index (κ1) is 10.3. The first-order valence-corrected chi connectivity index (χ1v) is 5.33. The van der Waals surface area contributed by atoms with Crippen LogP contribution in [0, 0.1) is 0 Å². The number of hydrogen-bond donors (Lipinski definition) is 0. The van der Waals surface area contributed by atoms with E-state index in [1.165, 1.54) is 25.0 Å². The van der Waals surface area contributed by atoms with E-state index >= 15 is 0 Å². The van der Waals surface area contributed by atoms with E-state index in [4.69, 9.17) is 0 Å². The van der Waals surface area contributed by atoms with Gasteiger partial charge in [-0.2, -0.15) is 11.8 Å². The molecule has 0 saturated carbocycles. The molecule has 0 aromatic carbocycles. The maximum absolute atomic E-state index is 2.34. The summed E-state index contributed by atoms with van der Waals surface area (Å²) < 4.78 is 0.595. The average molecular weight is 160 g/mol. The molecule has 1 rings (SSSR count). The smallest absolute Gasteiger partial charge is 0.0103 e. The van der Waals surface area contributed by atoms with E-state index < -0.39 is 0 Å². The van der Waals surface area contributed by atoms with Gasteiger partial charge in [0.05, 0.1) is 0 Å². The predicted molar refractivity (Wildman–Crippen MR) is 51.7 cm³/mol. The minimum Gasteiger partial charge on any atom is -0.156 e. The summed E-state index contributed by atoms with van der Waals surface area (Å²) in [7, 11) is 0. The van der Waals surface area contributed by atoms with Crippen LogP contribution < -0.4 is 0 Å². The van der Waals surface area contributed by atoms with Crippen LogP contribution in [0.4, 0.5) is 0 Å². The van der Waals surface area contributed by atoms with Gasteiger partial charge in [-0.05, 0) is 18.6 Å². The zero-order valence-corrected chi connectivity index (χ0v) is 8.55. The van der Waals surface area contributed by atoms with Gasteiger partial charge in [-0.15, -0.1) is 0 Å². The molecule has 0 atom stereocenters. The number of hydrogen-bond acceptors (Lipinski definition) is 1. The van der Waals surface area contributed by atoms with Crippen molar-refractivity contribution in [3.05, 3.63) is 0 Å². The van der Waals surface area contributed by atoms with E-state index in [0.717, 1.165) is 0 Å². The summed E-state index contributed by atoms with van der Waals surface area (Å²) in [6, 6.07) is 0. The monoisotopic (exact) mass is 160 g/mol. The van der Waals surface area contributed by atoms with E-state index in [9.17, 15) is 0 Å². The minimum absolute atomic E-state index is 0.595. The quantitative estimate of drug-likeness (QED) is 0.520. The average Bonchev–Trinajstić information content (AvgIpc) is 1.92. The summed E-state index contributed by atoms with van der Waals surface area (Å²) in [5.41, 5.74) is 0. The molecule has 0 aromatic heterocycles. The van der Waals surface area contributed by atoms with Crippen molar-refractivity contribution in [1.82, 2.24) is 0 Å². The second-order valence-electron chi connectivity index (χ2n) is 3.07. The van der Waals surface area contributed by atoms with Crippen molar-refractivity contribution >= 4 is 11.8 Å². The van der Waals surface area contributed by atoms with Gasteiger partial charge in [-0.3, -0.25) is 0 Å². The molecule has 1 aliphatic heterocycles. The molecule has 0 amide bonds. The molecule has 1 heteroatoms. The Hall–Kier alpha value is 0.350. The lowest BCUT2D eigenvalue weighted by Gasteiger charge is -2.28. The number of thioether (sulfide) groups is 1. The first-order chi connectivity index (χ1) is 4.71. The second kappa shape index (κ2) is 5.06. The van der Waals surface area contributed by atoms with Gasteiger partial charge in [-0.1, -0.05) is 34.1 Å². The highest BCUT2D eigenvalue weighted by Crippen LogP contribution is 2.34. The molecule has 62 valence electrons. The molecule has 0 bridgehead atoms. The van der Waals surface area contributed by atoms with Crippen LogP contribution in [-0.2, 0) is 0 Å². The van der Waals surface area contributed by atoms with Crippen molar-refractivity contribution < 1.29 is 0 Å². The molecule has 0 unspecified atom stereocenters. The van der Waals surface area contributed by atoms with Gasteiger partial charge in [0.2, 0.25) is 0 Å². The molecule has 0 spiro atoms. The lowest BCUT2D eigenvalue weighted by atomic mass is 10.1. The van der Waals surface area contributed by atoms with Gasteiger partial charge in [0.15, 0.2) is 0 Å². The highest BCUT2D eigenvalue weighted by molar-refractivity contribution is 8.00. The van der Waals surface area contributed by atoms with Crippen molar-refractivity contribution in [2.75, 3.05) is 5.75 Å². The zero-order chi connectivity index (χ0) is 8.04. The van der Waals surface area contributed by atoms with Crippen molar-refractivity contribution in [1.29, 1.82) is 0 Å². The largest absolute Gasteiger partial charge is 0.156 e. The Bertz CT molecular complexity index is 68.8. The van der Waals surface area contributed by atoms with E-state index in [2.05, 4.69) is 25.6 Å². The molecular weight excluding hydrogens is 140 g/mol. The molecule has 1 aliphatic rings. The fraction of sp³-hybridized carbons (Fsp3) is 1.00. The molecule has 0 aromatic rings. The fourth-order valence-electron chi connectivity index (χ4n) is 1.07. The summed E-state index contributed by atoms with van der Waals surface area (Å²) in [6.45, 7) is 8.69. The summed E-state index contributed by atoms with van der Waals surface area (Å²) in [5, 5.41) is 0. The fourth-order valence-corrected chi connectivity index (χ4v) is 2.26. The van der Waals surface area contributed by atoms with Crippen LogP contribution in [0.2, 0.25) is 0 Å². The minimum atomic E-state index is 0.595. The Balaban J connectivity index is 0.000000371. The van der Waals surface area contributed by atoms with Crippen LogP contribution in [-0.4, -0.2) is 10.5 Å². The van der Waals surface area contributed by atoms with Gasteiger partial charge >= 0.3 is 0 Å². The van der Waals surface area contributed by atoms with Crippen LogP contribution in [0.15, 0.2) is 0 Å². The SMILES string of the molecule is CC.CC1(C)CCCCS1. The van der Waals surface area contributed by atoms with Gasteiger partial charge in [0.25, 0.3) is 0 Å². The Morgan fingerprint density at radius 2 is 1.70 bits per heavy atom. The number of rotatable bonds is 0. The summed E-state index contributed by atoms with van der Waals surface area (Å²) in [6.07, 6.45) is 4.30. The molecule has 10 heavy (non-hydrogen) atoms. The third-order valence-corrected chi connectivity index (χ3v) is 3.14. The van der Waals surface area contributed by atoms with Crippen LogP contribution in [0.3, 0.4) is 0 Å². The lowest BCUT2D eigenvalue weighted by Crippen LogP contribution is -2.18. The van der Waals surface area contributed by atoms with Crippen molar-refractivity contribution in [2.45, 2.75) is 51.7 Å². The molecule has 0 nitrogen and oxygen atoms in total. The summed E-state index contributed by atoms with van der Waals surface area (Å²) in [4.78, 5) is 0. The molecule has 1 heterocycles. The molecular formula is C9H20S. The molecule has 0 N–H and O–H groups in total. The van der Waals surface area contributed by atoms with Crippen LogP contribution in [0.1, 0.15) is 47.0 Å². The van der Waals surface area contributed by atoms with Gasteiger partial charge in [-0.25, -0.2) is 0 Å². The summed E-state index contributed by atoms with van der Waals surface area (Å²) in [5.74, 6) is 1.38. The van der Waals surface area contributed by atoms with E-state index in [1.807, 2.05) is 13.8 Å². The van der Waals surface area contributed by atoms with Gasteiger partial charge in [0, 0.05) is 4.75 Å². The van der Waals surface area contributed by atoms with Crippen molar-refractivity contribution in [2.24, 2.45) is 0 Å². The highest BCUT2D eigenvalue weighted by atomic mass is 32.2. The third kappa shape index (κ3) is 4.21. The molecule has 0 aliphatic carbocycles. The zero-order valence-electron chi connectivity index (χ0n) is 7.74. The first-order valence-electron chi connectivity index (χ1n) is 4.35. The Morgan fingerprint density at radius 3 is 1.90 bits per heavy atom. The Kier molecular flexibility index (Phi) is 5.24. The van der Waals surface area contributed by atoms with Crippen LogP contribution >= 0.6 is 11.8 Å². The normalized spacial score (nSPS) is 22.8. The van der Waals surface area contributed by atoms with Crippen molar-refractivity contribution in [3.63, 3.8) is 0 Å². The maximum atomic E-state index is 2.34. The molecule has 0 radical (unpaired) electrons. The molecule has 1 saturated heterocycles. The van der Waals surface area contributed by atoms with Crippen LogP contribution in [0.5, 0.6) is 0 Å². The third-order valence-electron chi connectivity index (χ3n) is 1.67. The van der Waals surface area contributed by atoms with Gasteiger partial charge < -0.3 is 0 Å². The van der Waals surface area contributed by atoms with E-state index in [1.54, 1.807) is 0 Å². The lowest BCUT2D eigenvalue weighted by molar-refractivity contribution is 0.574.